The van der Waals surface area contributed by atoms with E-state index in [0.29, 0.717) is 49.1 Å². The maximum atomic E-state index is 14.1. The SMILES string of the molecule is CC1(C)CCC(c2ccc(Cl)cc2)=C(CN2CCN(c3ccc(C(=O)NS(=O)(=O)c4cc5c(c([N+](=O)[O-])c4)C[C@@H](CC4CCOCC4)CO5)c(Oc4cnc5[nH]ccc5c4)c3)CC2)C1. The fraction of sp³-hybridized carbons (Fsp3) is 0.417. The molecule has 336 valence electrons. The Bertz CT molecular complexity index is 2710. The summed E-state index contributed by atoms with van der Waals surface area (Å²) in [6, 6.07) is 19.2. The van der Waals surface area contributed by atoms with E-state index in [2.05, 4.69) is 50.5 Å². The van der Waals surface area contributed by atoms with Crippen molar-refractivity contribution in [3.8, 4) is 17.2 Å². The van der Waals surface area contributed by atoms with Gasteiger partial charge in [0, 0.05) is 86.4 Å². The van der Waals surface area contributed by atoms with Crippen LogP contribution in [0.25, 0.3) is 16.6 Å². The number of aromatic amines is 1. The third-order valence-electron chi connectivity index (χ3n) is 13.2. The van der Waals surface area contributed by atoms with E-state index in [4.69, 9.17) is 25.8 Å². The highest BCUT2D eigenvalue weighted by Crippen LogP contribution is 2.44. The van der Waals surface area contributed by atoms with Gasteiger partial charge >= 0.3 is 0 Å². The Morgan fingerprint density at radius 3 is 2.58 bits per heavy atom. The number of pyridine rings is 1. The molecule has 0 saturated carbocycles. The van der Waals surface area contributed by atoms with E-state index in [9.17, 15) is 23.3 Å². The molecule has 1 amide bonds. The topological polar surface area (TPSA) is 169 Å². The molecule has 2 N–H and O–H groups in total. The first-order chi connectivity index (χ1) is 30.8. The van der Waals surface area contributed by atoms with Gasteiger partial charge in [0.05, 0.1) is 33.7 Å². The molecule has 3 aromatic carbocycles. The van der Waals surface area contributed by atoms with E-state index in [-0.39, 0.29) is 34.1 Å². The van der Waals surface area contributed by atoms with Gasteiger partial charge in [0.1, 0.15) is 22.9 Å². The van der Waals surface area contributed by atoms with Gasteiger partial charge in [0.2, 0.25) is 0 Å². The van der Waals surface area contributed by atoms with Crippen molar-refractivity contribution in [2.45, 2.75) is 63.7 Å². The predicted octanol–water partition coefficient (Wildman–Crippen LogP) is 9.19. The molecule has 64 heavy (non-hydrogen) atoms. The van der Waals surface area contributed by atoms with Gasteiger partial charge in [-0.1, -0.05) is 43.2 Å². The Morgan fingerprint density at radius 2 is 1.81 bits per heavy atom. The first kappa shape index (κ1) is 43.8. The number of benzene rings is 3. The van der Waals surface area contributed by atoms with Crippen molar-refractivity contribution < 1.29 is 32.3 Å². The molecule has 1 aliphatic carbocycles. The summed E-state index contributed by atoms with van der Waals surface area (Å²) in [7, 11) is -4.62. The van der Waals surface area contributed by atoms with Crippen LogP contribution in [0.2, 0.25) is 5.02 Å². The van der Waals surface area contributed by atoms with E-state index >= 15 is 0 Å². The number of nitro groups is 1. The number of hydrogen-bond donors (Lipinski definition) is 2. The maximum absolute atomic E-state index is 14.1. The highest BCUT2D eigenvalue weighted by Gasteiger charge is 2.34. The number of amides is 1. The number of anilines is 1. The number of carbonyl (C=O) groups is 1. The van der Waals surface area contributed by atoms with Crippen molar-refractivity contribution in [2.24, 2.45) is 17.3 Å². The van der Waals surface area contributed by atoms with Gasteiger partial charge in [-0.05, 0) is 110 Å². The molecule has 9 rings (SSSR count). The Morgan fingerprint density at radius 1 is 1.03 bits per heavy atom. The van der Waals surface area contributed by atoms with Crippen LogP contribution in [0.4, 0.5) is 11.4 Å². The summed E-state index contributed by atoms with van der Waals surface area (Å²) in [4.78, 5) is 37.6. The summed E-state index contributed by atoms with van der Waals surface area (Å²) in [5.41, 5.74) is 5.76. The number of hydrogen-bond acceptors (Lipinski definition) is 11. The van der Waals surface area contributed by atoms with E-state index in [1.807, 2.05) is 18.2 Å². The molecule has 16 heteroatoms. The van der Waals surface area contributed by atoms with Crippen LogP contribution in [0.15, 0.2) is 89.6 Å². The van der Waals surface area contributed by atoms with E-state index in [0.717, 1.165) is 93.4 Å². The molecular weight excluding hydrogens is 856 g/mol. The Balaban J connectivity index is 0.940. The third kappa shape index (κ3) is 9.77. The van der Waals surface area contributed by atoms with Crippen LogP contribution < -0.4 is 19.1 Å². The normalized spacial score (nSPS) is 19.5. The minimum Gasteiger partial charge on any atom is -0.493 e. The number of nitrogens with one attached hydrogen (secondary N) is 2. The van der Waals surface area contributed by atoms with Crippen LogP contribution in [0.5, 0.6) is 17.2 Å². The van der Waals surface area contributed by atoms with Gasteiger partial charge in [-0.2, -0.15) is 0 Å². The van der Waals surface area contributed by atoms with Crippen molar-refractivity contribution in [1.82, 2.24) is 19.6 Å². The Kier molecular flexibility index (Phi) is 12.4. The van der Waals surface area contributed by atoms with Crippen molar-refractivity contribution >= 4 is 55.5 Å². The quantitative estimate of drug-likeness (QED) is 0.0904. The second-order valence-electron chi connectivity index (χ2n) is 18.3. The molecule has 0 spiro atoms. The number of rotatable bonds is 12. The number of halogens is 1. The molecule has 5 heterocycles. The summed E-state index contributed by atoms with van der Waals surface area (Å²) >= 11 is 6.24. The number of fused-ring (bicyclic) bond motifs is 2. The molecular formula is C48H53ClN6O8S. The number of carbonyl (C=O) groups excluding carboxylic acids is 1. The van der Waals surface area contributed by atoms with Crippen molar-refractivity contribution in [3.63, 3.8) is 0 Å². The van der Waals surface area contributed by atoms with Gasteiger partial charge in [-0.15, -0.1) is 0 Å². The lowest BCUT2D eigenvalue weighted by Gasteiger charge is -2.39. The molecule has 2 fully saturated rings. The van der Waals surface area contributed by atoms with Gasteiger partial charge in [0.15, 0.2) is 0 Å². The molecule has 0 bridgehead atoms. The Labute approximate surface area is 378 Å². The number of ether oxygens (including phenoxy) is 3. The van der Waals surface area contributed by atoms with Crippen molar-refractivity contribution in [3.05, 3.63) is 117 Å². The third-order valence-corrected chi connectivity index (χ3v) is 14.8. The molecule has 14 nitrogen and oxygen atoms in total. The zero-order valence-corrected chi connectivity index (χ0v) is 37.7. The highest BCUT2D eigenvalue weighted by molar-refractivity contribution is 7.90. The first-order valence-electron chi connectivity index (χ1n) is 22.1. The van der Waals surface area contributed by atoms with Crippen LogP contribution in [-0.4, -0.2) is 86.7 Å². The lowest BCUT2D eigenvalue weighted by Crippen LogP contribution is -2.47. The minimum atomic E-state index is -4.62. The fourth-order valence-corrected chi connectivity index (χ4v) is 10.9. The summed E-state index contributed by atoms with van der Waals surface area (Å²) in [5, 5.41) is 13.9. The zero-order valence-electron chi connectivity index (χ0n) is 36.1. The maximum Gasteiger partial charge on any atom is 0.277 e. The van der Waals surface area contributed by atoms with E-state index in [1.165, 1.54) is 29.0 Å². The number of H-pyrrole nitrogens is 1. The second kappa shape index (κ2) is 18.2. The molecule has 4 aliphatic rings. The van der Waals surface area contributed by atoms with Crippen LogP contribution in [0.3, 0.4) is 0 Å². The minimum absolute atomic E-state index is 0.0404. The first-order valence-corrected chi connectivity index (χ1v) is 23.9. The predicted molar refractivity (Wildman–Crippen MR) is 246 cm³/mol. The van der Waals surface area contributed by atoms with Crippen LogP contribution >= 0.6 is 11.6 Å². The van der Waals surface area contributed by atoms with Gasteiger partial charge < -0.3 is 24.1 Å². The molecule has 0 unspecified atom stereocenters. The van der Waals surface area contributed by atoms with Gasteiger partial charge in [-0.3, -0.25) is 19.8 Å². The monoisotopic (exact) mass is 908 g/mol. The van der Waals surface area contributed by atoms with E-state index in [1.54, 1.807) is 30.5 Å². The lowest BCUT2D eigenvalue weighted by molar-refractivity contribution is -0.386. The fourth-order valence-electron chi connectivity index (χ4n) is 9.73. The largest absolute Gasteiger partial charge is 0.493 e. The molecule has 2 aromatic heterocycles. The van der Waals surface area contributed by atoms with Gasteiger partial charge in [0.25, 0.3) is 21.6 Å². The summed E-state index contributed by atoms with van der Waals surface area (Å²) in [6.07, 6.45) is 9.57. The van der Waals surface area contributed by atoms with Crippen molar-refractivity contribution in [1.29, 1.82) is 0 Å². The highest BCUT2D eigenvalue weighted by atomic mass is 35.5. The van der Waals surface area contributed by atoms with Gasteiger partial charge in [-0.25, -0.2) is 18.1 Å². The van der Waals surface area contributed by atoms with E-state index < -0.39 is 25.7 Å². The average Bonchev–Trinajstić information content (AvgIpc) is 3.75. The number of sulfonamides is 1. The number of nitrogens with zero attached hydrogens (tertiary/aromatic N) is 4. The standard InChI is InChI=1S/C48H53ClN6O8S/c1-48(2)13-9-40(33-3-5-36(49)6-4-33)35(27-48)29-53-15-17-54(18-16-53)37-7-8-41(45(24-37)63-38-23-34-10-14-50-46(34)51-28-38)47(56)52-64(59,60)39-25-43(55(57)58)42-22-32(30-62-44(42)26-39)21-31-11-19-61-20-12-31/h3-8,10,14,23-26,28,31-32H,9,11-13,15-22,27,29-30H2,1-2H3,(H,50,51)(H,52,56)/t32-/m1/s1. The molecule has 3 aliphatic heterocycles. The van der Waals surface area contributed by atoms with Crippen molar-refractivity contribution in [2.75, 3.05) is 57.4 Å². The lowest BCUT2D eigenvalue weighted by atomic mass is 9.73. The molecule has 0 radical (unpaired) electrons. The summed E-state index contributed by atoms with van der Waals surface area (Å²) in [6.45, 7) is 10.3. The number of aromatic nitrogens is 2. The number of piperazine rings is 1. The molecule has 5 aromatic rings. The Hall–Kier alpha value is -5.48. The zero-order chi connectivity index (χ0) is 44.6. The average molecular weight is 910 g/mol. The van der Waals surface area contributed by atoms with Crippen LogP contribution in [0.1, 0.15) is 73.9 Å². The number of allylic oxidation sites excluding steroid dienone is 1. The van der Waals surface area contributed by atoms with Crippen LogP contribution in [0, 0.1) is 27.4 Å². The smallest absolute Gasteiger partial charge is 0.277 e. The molecule has 1 atom stereocenters. The second-order valence-corrected chi connectivity index (χ2v) is 20.5. The van der Waals surface area contributed by atoms with Crippen LogP contribution in [-0.2, 0) is 21.2 Å². The number of nitro benzene ring substituents is 1. The summed E-state index contributed by atoms with van der Waals surface area (Å²) in [5.74, 6) is 0.144. The molecule has 2 saturated heterocycles. The summed E-state index contributed by atoms with van der Waals surface area (Å²) < 4.78 is 47.9.